The van der Waals surface area contributed by atoms with Crippen LogP contribution in [-0.4, -0.2) is 60.6 Å². The van der Waals surface area contributed by atoms with E-state index in [9.17, 15) is 9.59 Å². The van der Waals surface area contributed by atoms with Gasteiger partial charge in [-0.05, 0) is 31.2 Å². The van der Waals surface area contributed by atoms with Crippen molar-refractivity contribution in [1.82, 2.24) is 15.1 Å². The van der Waals surface area contributed by atoms with Gasteiger partial charge in [0.2, 0.25) is 5.91 Å². The van der Waals surface area contributed by atoms with Gasteiger partial charge in [-0.25, -0.2) is 4.79 Å². The van der Waals surface area contributed by atoms with Gasteiger partial charge < -0.3 is 19.9 Å². The molecule has 1 unspecified atom stereocenters. The first kappa shape index (κ1) is 21.5. The molecule has 2 aliphatic rings. The van der Waals surface area contributed by atoms with Crippen LogP contribution < -0.4 is 5.32 Å². The van der Waals surface area contributed by atoms with Crippen molar-refractivity contribution in [2.24, 2.45) is 5.92 Å². The molecule has 0 spiro atoms. The van der Waals surface area contributed by atoms with Crippen molar-refractivity contribution >= 4 is 24.4 Å². The lowest BCUT2D eigenvalue weighted by Gasteiger charge is -2.36. The summed E-state index contributed by atoms with van der Waals surface area (Å²) in [5.74, 6) is 0.617. The quantitative estimate of drug-likeness (QED) is 0.851. The summed E-state index contributed by atoms with van der Waals surface area (Å²) < 4.78 is 5.40. The Morgan fingerprint density at radius 3 is 2.52 bits per heavy atom. The molecule has 7 heteroatoms. The average Bonchev–Trinajstić information content (AvgIpc) is 2.68. The Kier molecular flexibility index (Phi) is 8.38. The van der Waals surface area contributed by atoms with Crippen molar-refractivity contribution in [2.75, 3.05) is 32.7 Å². The maximum atomic E-state index is 12.5. The van der Waals surface area contributed by atoms with Crippen LogP contribution in [0.25, 0.3) is 0 Å². The van der Waals surface area contributed by atoms with Gasteiger partial charge in [0.05, 0.1) is 0 Å². The van der Waals surface area contributed by atoms with E-state index in [0.29, 0.717) is 32.0 Å². The SMILES string of the molecule is CC1CNCCN1C(=O)CC1CCN(C(=O)OCc2ccccc2)CC1.Cl. The number of nitrogens with one attached hydrogen (secondary N) is 1. The summed E-state index contributed by atoms with van der Waals surface area (Å²) >= 11 is 0. The van der Waals surface area contributed by atoms with E-state index < -0.39 is 0 Å². The number of benzene rings is 1. The van der Waals surface area contributed by atoms with Crippen LogP contribution >= 0.6 is 12.4 Å². The number of carbonyl (C=O) groups is 2. The number of piperazine rings is 1. The molecule has 6 nitrogen and oxygen atoms in total. The third-order valence-electron chi connectivity index (χ3n) is 5.36. The Labute approximate surface area is 167 Å². The fraction of sp³-hybridized carbons (Fsp3) is 0.600. The van der Waals surface area contributed by atoms with Gasteiger partial charge >= 0.3 is 6.09 Å². The third-order valence-corrected chi connectivity index (χ3v) is 5.36. The second-order valence-electron chi connectivity index (χ2n) is 7.32. The first-order valence-corrected chi connectivity index (χ1v) is 9.59. The zero-order valence-corrected chi connectivity index (χ0v) is 16.7. The van der Waals surface area contributed by atoms with Crippen molar-refractivity contribution in [3.63, 3.8) is 0 Å². The molecular formula is C20H30ClN3O3. The minimum atomic E-state index is -0.255. The molecule has 0 bridgehead atoms. The average molecular weight is 396 g/mol. The molecule has 0 radical (unpaired) electrons. The van der Waals surface area contributed by atoms with E-state index in [1.807, 2.05) is 35.2 Å². The molecule has 150 valence electrons. The Morgan fingerprint density at radius 1 is 1.15 bits per heavy atom. The Morgan fingerprint density at radius 2 is 1.85 bits per heavy atom. The third kappa shape index (κ3) is 6.11. The Bertz CT molecular complexity index is 606. The summed E-state index contributed by atoms with van der Waals surface area (Å²) in [5, 5.41) is 3.31. The van der Waals surface area contributed by atoms with Crippen molar-refractivity contribution in [3.05, 3.63) is 35.9 Å². The minimum Gasteiger partial charge on any atom is -0.445 e. The molecule has 1 atom stereocenters. The number of ether oxygens (including phenoxy) is 1. The molecular weight excluding hydrogens is 366 g/mol. The van der Waals surface area contributed by atoms with Crippen LogP contribution in [0.3, 0.4) is 0 Å². The molecule has 27 heavy (non-hydrogen) atoms. The number of halogens is 1. The molecule has 2 saturated heterocycles. The molecule has 1 N–H and O–H groups in total. The van der Waals surface area contributed by atoms with Crippen molar-refractivity contribution in [2.45, 2.75) is 38.8 Å². The Hall–Kier alpha value is -1.79. The van der Waals surface area contributed by atoms with E-state index in [-0.39, 0.29) is 30.4 Å². The van der Waals surface area contributed by atoms with Gasteiger partial charge in [0, 0.05) is 45.2 Å². The Balaban J connectivity index is 0.00000261. The molecule has 3 rings (SSSR count). The molecule has 1 aromatic rings. The molecule has 2 fully saturated rings. The van der Waals surface area contributed by atoms with Gasteiger partial charge in [-0.15, -0.1) is 12.4 Å². The second kappa shape index (κ2) is 10.5. The molecule has 2 aliphatic heterocycles. The lowest BCUT2D eigenvalue weighted by molar-refractivity contribution is -0.135. The molecule has 2 heterocycles. The topological polar surface area (TPSA) is 61.9 Å². The van der Waals surface area contributed by atoms with E-state index >= 15 is 0 Å². The van der Waals surface area contributed by atoms with Crippen molar-refractivity contribution in [1.29, 1.82) is 0 Å². The van der Waals surface area contributed by atoms with Gasteiger partial charge in [-0.2, -0.15) is 0 Å². The van der Waals surface area contributed by atoms with Gasteiger partial charge in [-0.3, -0.25) is 4.79 Å². The molecule has 0 aromatic heterocycles. The first-order chi connectivity index (χ1) is 12.6. The van der Waals surface area contributed by atoms with E-state index in [0.717, 1.165) is 38.0 Å². The maximum Gasteiger partial charge on any atom is 0.410 e. The van der Waals surface area contributed by atoms with E-state index in [1.54, 1.807) is 4.90 Å². The number of hydrogen-bond acceptors (Lipinski definition) is 4. The minimum absolute atomic E-state index is 0. The number of likely N-dealkylation sites (tertiary alicyclic amines) is 1. The lowest BCUT2D eigenvalue weighted by Crippen LogP contribution is -2.52. The van der Waals surface area contributed by atoms with Crippen molar-refractivity contribution in [3.8, 4) is 0 Å². The highest BCUT2D eigenvalue weighted by Gasteiger charge is 2.29. The van der Waals surface area contributed by atoms with E-state index in [2.05, 4.69) is 12.2 Å². The highest BCUT2D eigenvalue weighted by Crippen LogP contribution is 2.23. The smallest absolute Gasteiger partial charge is 0.410 e. The second-order valence-corrected chi connectivity index (χ2v) is 7.32. The summed E-state index contributed by atoms with van der Waals surface area (Å²) in [6.07, 6.45) is 2.07. The fourth-order valence-corrected chi connectivity index (χ4v) is 3.71. The van der Waals surface area contributed by atoms with Crippen LogP contribution in [0.2, 0.25) is 0 Å². The first-order valence-electron chi connectivity index (χ1n) is 9.59. The molecule has 1 aromatic carbocycles. The normalized spacial score (nSPS) is 20.7. The van der Waals surface area contributed by atoms with Gasteiger partial charge in [0.15, 0.2) is 0 Å². The maximum absolute atomic E-state index is 12.5. The molecule has 2 amide bonds. The molecule has 0 aliphatic carbocycles. The predicted octanol–water partition coefficient (Wildman–Crippen LogP) is 2.67. The van der Waals surface area contributed by atoms with Gasteiger partial charge in [0.1, 0.15) is 6.61 Å². The molecule has 0 saturated carbocycles. The monoisotopic (exact) mass is 395 g/mol. The van der Waals surface area contributed by atoms with Crippen molar-refractivity contribution < 1.29 is 14.3 Å². The number of nitrogens with zero attached hydrogens (tertiary/aromatic N) is 2. The summed E-state index contributed by atoms with van der Waals surface area (Å²) in [6.45, 7) is 6.28. The van der Waals surface area contributed by atoms with Crippen LogP contribution in [0.15, 0.2) is 30.3 Å². The van der Waals surface area contributed by atoms with Crippen LogP contribution in [0, 0.1) is 5.92 Å². The largest absolute Gasteiger partial charge is 0.445 e. The number of amides is 2. The predicted molar refractivity (Wildman–Crippen MR) is 107 cm³/mol. The highest BCUT2D eigenvalue weighted by molar-refractivity contribution is 5.85. The zero-order chi connectivity index (χ0) is 18.4. The van der Waals surface area contributed by atoms with Crippen LogP contribution in [0.4, 0.5) is 4.79 Å². The lowest BCUT2D eigenvalue weighted by atomic mass is 9.93. The van der Waals surface area contributed by atoms with E-state index in [4.69, 9.17) is 4.74 Å². The summed E-state index contributed by atoms with van der Waals surface area (Å²) in [4.78, 5) is 28.5. The van der Waals surface area contributed by atoms with Gasteiger partial charge in [0.25, 0.3) is 0 Å². The van der Waals surface area contributed by atoms with Gasteiger partial charge in [-0.1, -0.05) is 30.3 Å². The number of hydrogen-bond donors (Lipinski definition) is 1. The number of carbonyl (C=O) groups excluding carboxylic acids is 2. The number of rotatable bonds is 4. The van der Waals surface area contributed by atoms with Crippen LogP contribution in [0.5, 0.6) is 0 Å². The van der Waals surface area contributed by atoms with Crippen LogP contribution in [-0.2, 0) is 16.1 Å². The summed E-state index contributed by atoms with van der Waals surface area (Å²) in [5.41, 5.74) is 0.992. The summed E-state index contributed by atoms with van der Waals surface area (Å²) in [6, 6.07) is 9.98. The van der Waals surface area contributed by atoms with E-state index in [1.165, 1.54) is 0 Å². The summed E-state index contributed by atoms with van der Waals surface area (Å²) in [7, 11) is 0. The van der Waals surface area contributed by atoms with Crippen LogP contribution in [0.1, 0.15) is 31.7 Å². The number of piperidine rings is 1. The fourth-order valence-electron chi connectivity index (χ4n) is 3.71. The standard InChI is InChI=1S/C20H29N3O3.ClH/c1-16-14-21-9-12-23(16)19(24)13-17-7-10-22(11-8-17)20(25)26-15-18-5-3-2-4-6-18;/h2-6,16-17,21H,7-15H2,1H3;1H. The highest BCUT2D eigenvalue weighted by atomic mass is 35.5. The zero-order valence-electron chi connectivity index (χ0n) is 15.9.